The first-order valence-electron chi connectivity index (χ1n) is 8.55. The molecule has 0 radical (unpaired) electrons. The Morgan fingerprint density at radius 3 is 2.39 bits per heavy atom. The number of thiazole rings is 1. The lowest BCUT2D eigenvalue weighted by Gasteiger charge is -2.17. The number of imide groups is 1. The van der Waals surface area contributed by atoms with Gasteiger partial charge in [-0.3, -0.25) is 19.3 Å². The van der Waals surface area contributed by atoms with Crippen molar-refractivity contribution in [3.8, 4) is 11.5 Å². The molecule has 0 fully saturated rings. The number of ether oxygens (including phenoxy) is 2. The first-order valence-corrected chi connectivity index (χ1v) is 9.37. The van der Waals surface area contributed by atoms with E-state index in [-0.39, 0.29) is 6.54 Å². The predicted molar refractivity (Wildman–Crippen MR) is 101 cm³/mol. The van der Waals surface area contributed by atoms with E-state index in [1.807, 2.05) is 6.07 Å². The number of hydrogen-bond acceptors (Lipinski definition) is 7. The maximum absolute atomic E-state index is 12.4. The summed E-state index contributed by atoms with van der Waals surface area (Å²) >= 11 is 1.28. The number of fused-ring (bicyclic) bond motifs is 3. The maximum Gasteiger partial charge on any atom is 0.262 e. The molecule has 5 rings (SSSR count). The van der Waals surface area contributed by atoms with Crippen LogP contribution in [0.15, 0.2) is 36.4 Å². The quantitative estimate of drug-likeness (QED) is 0.684. The van der Waals surface area contributed by atoms with E-state index < -0.39 is 17.7 Å². The standard InChI is InChI=1S/C19H13N3O5S/c23-16(9-22-17(24)10-3-1-2-4-11(10)18(22)25)21-19-20-12-7-13-14(8-15(12)28-19)27-6-5-26-13/h1-4,7-8H,5-6,9H2,(H,20,21,23). The second-order valence-electron chi connectivity index (χ2n) is 6.27. The Kier molecular flexibility index (Phi) is 3.76. The first-order chi connectivity index (χ1) is 13.6. The van der Waals surface area contributed by atoms with Gasteiger partial charge in [0.1, 0.15) is 19.8 Å². The van der Waals surface area contributed by atoms with E-state index in [9.17, 15) is 14.4 Å². The van der Waals surface area contributed by atoms with Gasteiger partial charge < -0.3 is 14.8 Å². The number of rotatable bonds is 3. The van der Waals surface area contributed by atoms with Crippen LogP contribution in [-0.4, -0.2) is 47.4 Å². The molecular formula is C19H13N3O5S. The monoisotopic (exact) mass is 395 g/mol. The Morgan fingerprint density at radius 1 is 1.07 bits per heavy atom. The Balaban J connectivity index is 1.33. The number of aromatic nitrogens is 1. The molecule has 8 nitrogen and oxygen atoms in total. The van der Waals surface area contributed by atoms with Crippen molar-refractivity contribution in [2.45, 2.75) is 0 Å². The minimum absolute atomic E-state index is 0.311. The van der Waals surface area contributed by atoms with Crippen LogP contribution in [0.4, 0.5) is 5.13 Å². The van der Waals surface area contributed by atoms with Gasteiger partial charge in [-0.15, -0.1) is 0 Å². The van der Waals surface area contributed by atoms with Gasteiger partial charge in [0.25, 0.3) is 11.8 Å². The second kappa shape index (κ2) is 6.31. The van der Waals surface area contributed by atoms with Gasteiger partial charge in [0, 0.05) is 12.1 Å². The van der Waals surface area contributed by atoms with Crippen LogP contribution >= 0.6 is 11.3 Å². The summed E-state index contributed by atoms with van der Waals surface area (Å²) in [6.45, 7) is 0.596. The van der Waals surface area contributed by atoms with Gasteiger partial charge in [-0.1, -0.05) is 23.5 Å². The molecular weight excluding hydrogens is 382 g/mol. The van der Waals surface area contributed by atoms with Crippen molar-refractivity contribution in [3.63, 3.8) is 0 Å². The van der Waals surface area contributed by atoms with Crippen molar-refractivity contribution in [2.24, 2.45) is 0 Å². The third-order valence-electron chi connectivity index (χ3n) is 4.48. The van der Waals surface area contributed by atoms with Gasteiger partial charge in [0.2, 0.25) is 5.91 Å². The number of benzene rings is 2. The number of nitrogens with one attached hydrogen (secondary N) is 1. The average Bonchev–Trinajstić information content (AvgIpc) is 3.19. The van der Waals surface area contributed by atoms with E-state index in [1.54, 1.807) is 30.3 Å². The van der Waals surface area contributed by atoms with Crippen LogP contribution in [-0.2, 0) is 4.79 Å². The number of carbonyl (C=O) groups is 3. The Morgan fingerprint density at radius 2 is 1.71 bits per heavy atom. The Hall–Kier alpha value is -3.46. The molecule has 0 spiro atoms. The van der Waals surface area contributed by atoms with Crippen LogP contribution in [0.3, 0.4) is 0 Å². The molecule has 2 aliphatic rings. The van der Waals surface area contributed by atoms with Gasteiger partial charge in [-0.05, 0) is 12.1 Å². The molecule has 9 heteroatoms. The van der Waals surface area contributed by atoms with E-state index in [0.717, 1.165) is 9.60 Å². The minimum atomic E-state index is -0.495. The molecule has 0 saturated heterocycles. The summed E-state index contributed by atoms with van der Waals surface area (Å²) in [5.41, 5.74) is 1.29. The largest absolute Gasteiger partial charge is 0.486 e. The van der Waals surface area contributed by atoms with Gasteiger partial charge in [-0.25, -0.2) is 4.98 Å². The number of amides is 3. The van der Waals surface area contributed by atoms with Crippen LogP contribution in [0, 0.1) is 0 Å². The van der Waals surface area contributed by atoms with E-state index in [1.165, 1.54) is 11.3 Å². The van der Waals surface area contributed by atoms with Gasteiger partial charge in [0.15, 0.2) is 16.6 Å². The van der Waals surface area contributed by atoms with Gasteiger partial charge >= 0.3 is 0 Å². The summed E-state index contributed by atoms with van der Waals surface area (Å²) in [5.74, 6) is -0.172. The molecule has 0 unspecified atom stereocenters. The molecule has 0 saturated carbocycles. The number of carbonyl (C=O) groups excluding carboxylic acids is 3. The summed E-state index contributed by atoms with van der Waals surface area (Å²) in [6.07, 6.45) is 0. The number of anilines is 1. The van der Waals surface area contributed by atoms with Crippen molar-refractivity contribution in [2.75, 3.05) is 25.1 Å². The predicted octanol–water partition coefficient (Wildman–Crippen LogP) is 2.30. The number of hydrogen-bond donors (Lipinski definition) is 1. The molecule has 3 aromatic rings. The molecule has 0 bridgehead atoms. The second-order valence-corrected chi connectivity index (χ2v) is 7.30. The van der Waals surface area contributed by atoms with Gasteiger partial charge in [-0.2, -0.15) is 0 Å². The third-order valence-corrected chi connectivity index (χ3v) is 5.41. The molecule has 1 aromatic heterocycles. The van der Waals surface area contributed by atoms with Gasteiger partial charge in [0.05, 0.1) is 21.3 Å². The summed E-state index contributed by atoms with van der Waals surface area (Å²) in [4.78, 5) is 42.5. The molecule has 140 valence electrons. The fraction of sp³-hybridized carbons (Fsp3) is 0.158. The lowest BCUT2D eigenvalue weighted by molar-refractivity contribution is -0.116. The molecule has 0 atom stereocenters. The third kappa shape index (κ3) is 2.67. The molecule has 3 amide bonds. The molecule has 2 aromatic carbocycles. The van der Waals surface area contributed by atoms with Crippen LogP contribution < -0.4 is 14.8 Å². The Labute approximate surface area is 162 Å². The lowest BCUT2D eigenvalue weighted by atomic mass is 10.1. The topological polar surface area (TPSA) is 97.8 Å². The molecule has 0 aliphatic carbocycles. The van der Waals surface area contributed by atoms with E-state index in [0.29, 0.717) is 46.5 Å². The normalized spacial score (nSPS) is 15.1. The SMILES string of the molecule is O=C(CN1C(=O)c2ccccc2C1=O)Nc1nc2cc3c(cc2s1)OCCO3. The Bertz CT molecular complexity index is 1080. The van der Waals surface area contributed by atoms with Crippen LogP contribution in [0.5, 0.6) is 11.5 Å². The summed E-state index contributed by atoms with van der Waals surface area (Å²) in [6, 6.07) is 10.1. The molecule has 2 aliphatic heterocycles. The van der Waals surface area contributed by atoms with E-state index in [4.69, 9.17) is 9.47 Å². The van der Waals surface area contributed by atoms with E-state index >= 15 is 0 Å². The fourth-order valence-electron chi connectivity index (χ4n) is 3.20. The van der Waals surface area contributed by atoms with Crippen molar-refractivity contribution in [1.29, 1.82) is 0 Å². The highest BCUT2D eigenvalue weighted by Crippen LogP contribution is 2.37. The zero-order valence-corrected chi connectivity index (χ0v) is 15.2. The maximum atomic E-state index is 12.4. The van der Waals surface area contributed by atoms with Crippen LogP contribution in [0.1, 0.15) is 20.7 Å². The summed E-state index contributed by atoms with van der Waals surface area (Å²) < 4.78 is 11.9. The fourth-order valence-corrected chi connectivity index (χ4v) is 4.10. The van der Waals surface area contributed by atoms with Crippen LogP contribution in [0.2, 0.25) is 0 Å². The highest BCUT2D eigenvalue weighted by atomic mass is 32.1. The van der Waals surface area contributed by atoms with Crippen molar-refractivity contribution >= 4 is 44.4 Å². The summed E-state index contributed by atoms with van der Waals surface area (Å²) in [7, 11) is 0. The van der Waals surface area contributed by atoms with E-state index in [2.05, 4.69) is 10.3 Å². The van der Waals surface area contributed by atoms with Crippen molar-refractivity contribution in [1.82, 2.24) is 9.88 Å². The van der Waals surface area contributed by atoms with Crippen molar-refractivity contribution < 1.29 is 23.9 Å². The van der Waals surface area contributed by atoms with Crippen LogP contribution in [0.25, 0.3) is 10.2 Å². The molecule has 1 N–H and O–H groups in total. The zero-order chi connectivity index (χ0) is 19.3. The minimum Gasteiger partial charge on any atom is -0.486 e. The van der Waals surface area contributed by atoms with Crippen molar-refractivity contribution in [3.05, 3.63) is 47.5 Å². The first kappa shape index (κ1) is 16.7. The lowest BCUT2D eigenvalue weighted by Crippen LogP contribution is -2.37. The molecule has 3 heterocycles. The highest BCUT2D eigenvalue weighted by molar-refractivity contribution is 7.22. The molecule has 28 heavy (non-hydrogen) atoms. The average molecular weight is 395 g/mol. The summed E-state index contributed by atoms with van der Waals surface area (Å²) in [5, 5.41) is 3.03. The smallest absolute Gasteiger partial charge is 0.262 e. The number of nitrogens with zero attached hydrogens (tertiary/aromatic N) is 2. The highest BCUT2D eigenvalue weighted by Gasteiger charge is 2.36. The zero-order valence-electron chi connectivity index (χ0n) is 14.4.